The number of hydrogen-bond donors (Lipinski definition) is 3. The maximum atomic E-state index is 11.9. The van der Waals surface area contributed by atoms with Gasteiger partial charge in [0.05, 0.1) is 11.5 Å². The number of nitrogens with one attached hydrogen (secondary N) is 2. The van der Waals surface area contributed by atoms with E-state index in [9.17, 15) is 23.3 Å². The van der Waals surface area contributed by atoms with Crippen molar-refractivity contribution in [3.05, 3.63) is 16.2 Å². The van der Waals surface area contributed by atoms with Crippen molar-refractivity contribution in [1.29, 1.82) is 0 Å². The molecule has 0 aliphatic heterocycles. The average molecular weight is 338 g/mol. The van der Waals surface area contributed by atoms with E-state index in [-0.39, 0.29) is 34.7 Å². The number of amides is 1. The predicted molar refractivity (Wildman–Crippen MR) is 75.7 cm³/mol. The smallest absolute Gasteiger partial charge is 0.304 e. The molecule has 1 aromatic heterocycles. The third-order valence-electron chi connectivity index (χ3n) is 2.16. The van der Waals surface area contributed by atoms with Crippen molar-refractivity contribution < 1.29 is 22.9 Å². The van der Waals surface area contributed by atoms with Gasteiger partial charge in [0.1, 0.15) is 10.8 Å². The lowest BCUT2D eigenvalue weighted by Gasteiger charge is -2.04. The zero-order valence-corrected chi connectivity index (χ0v) is 12.6. The van der Waals surface area contributed by atoms with Gasteiger partial charge >= 0.3 is 5.69 Å². The van der Waals surface area contributed by atoms with Crippen molar-refractivity contribution in [3.63, 3.8) is 0 Å². The van der Waals surface area contributed by atoms with Crippen LogP contribution in [0.5, 0.6) is 0 Å². The molecule has 12 heteroatoms. The molecule has 0 fully saturated rings. The van der Waals surface area contributed by atoms with Crippen LogP contribution in [-0.4, -0.2) is 46.1 Å². The van der Waals surface area contributed by atoms with Crippen LogP contribution in [0, 0.1) is 10.1 Å². The third kappa shape index (κ3) is 4.93. The van der Waals surface area contributed by atoms with Crippen LogP contribution in [0.25, 0.3) is 0 Å². The van der Waals surface area contributed by atoms with Gasteiger partial charge in [0.25, 0.3) is 0 Å². The Morgan fingerprint density at radius 2 is 2.24 bits per heavy atom. The summed E-state index contributed by atoms with van der Waals surface area (Å²) in [6.07, 6.45) is 0. The van der Waals surface area contributed by atoms with Crippen molar-refractivity contribution in [1.82, 2.24) is 4.72 Å². The van der Waals surface area contributed by atoms with Crippen LogP contribution in [0.1, 0.15) is 0 Å². The van der Waals surface area contributed by atoms with Gasteiger partial charge in [-0.2, -0.15) is 0 Å². The van der Waals surface area contributed by atoms with Crippen LogP contribution in [0.2, 0.25) is 0 Å². The van der Waals surface area contributed by atoms with Crippen LogP contribution in [-0.2, 0) is 19.6 Å². The first kappa shape index (κ1) is 17.3. The first-order chi connectivity index (χ1) is 9.77. The van der Waals surface area contributed by atoms with E-state index in [1.54, 1.807) is 0 Å². The van der Waals surface area contributed by atoms with E-state index in [4.69, 9.17) is 10.5 Å². The summed E-state index contributed by atoms with van der Waals surface area (Å²) >= 11 is 0.745. The maximum Gasteiger partial charge on any atom is 0.304 e. The summed E-state index contributed by atoms with van der Waals surface area (Å²) < 4.78 is 30.7. The normalized spacial score (nSPS) is 11.3. The van der Waals surface area contributed by atoms with Crippen molar-refractivity contribution in [2.45, 2.75) is 4.21 Å². The Morgan fingerprint density at radius 1 is 1.57 bits per heavy atom. The lowest BCUT2D eigenvalue weighted by atomic mass is 10.5. The standard InChI is InChI=1S/C9H14N4O6S2/c1-11-9-6(13(15)16)4-8(20-9)21(17,18)12-2-3-19-5-7(10)14/h4,11-12H,2-3,5H2,1H3,(H2,10,14). The highest BCUT2D eigenvalue weighted by atomic mass is 32.2. The SMILES string of the molecule is CNc1sc(S(=O)(=O)NCCOCC(N)=O)cc1[N+](=O)[O-]. The van der Waals surface area contributed by atoms with E-state index < -0.39 is 20.9 Å². The van der Waals surface area contributed by atoms with Crippen molar-refractivity contribution in [3.8, 4) is 0 Å². The largest absolute Gasteiger partial charge is 0.374 e. The maximum absolute atomic E-state index is 11.9. The number of sulfonamides is 1. The van der Waals surface area contributed by atoms with E-state index >= 15 is 0 Å². The second-order valence-corrected chi connectivity index (χ2v) is 6.75. The van der Waals surface area contributed by atoms with E-state index in [0.29, 0.717) is 0 Å². The quantitative estimate of drug-likeness (QED) is 0.311. The molecule has 118 valence electrons. The molecule has 0 atom stereocenters. The first-order valence-electron chi connectivity index (χ1n) is 5.59. The van der Waals surface area contributed by atoms with E-state index in [1.807, 2.05) is 0 Å². The van der Waals surface area contributed by atoms with Crippen LogP contribution in [0.3, 0.4) is 0 Å². The lowest BCUT2D eigenvalue weighted by Crippen LogP contribution is -2.28. The molecule has 0 saturated carbocycles. The molecule has 21 heavy (non-hydrogen) atoms. The molecule has 0 bridgehead atoms. The van der Waals surface area contributed by atoms with Crippen LogP contribution >= 0.6 is 11.3 Å². The molecule has 0 unspecified atom stereocenters. The molecule has 10 nitrogen and oxygen atoms in total. The Morgan fingerprint density at radius 3 is 2.71 bits per heavy atom. The number of anilines is 1. The van der Waals surface area contributed by atoms with E-state index in [2.05, 4.69) is 10.0 Å². The molecule has 1 rings (SSSR count). The molecule has 0 radical (unpaired) electrons. The minimum absolute atomic E-state index is 0.0471. The fraction of sp³-hybridized carbons (Fsp3) is 0.444. The number of hydrogen-bond acceptors (Lipinski definition) is 8. The second kappa shape index (κ2) is 7.31. The highest BCUT2D eigenvalue weighted by molar-refractivity contribution is 7.91. The summed E-state index contributed by atoms with van der Waals surface area (Å²) in [5.74, 6) is -0.662. The summed E-state index contributed by atoms with van der Waals surface area (Å²) in [6.45, 7) is -0.444. The molecule has 1 aromatic rings. The Kier molecular flexibility index (Phi) is 6.02. The summed E-state index contributed by atoms with van der Waals surface area (Å²) in [7, 11) is -2.42. The molecule has 0 aliphatic carbocycles. The topological polar surface area (TPSA) is 154 Å². The van der Waals surface area contributed by atoms with Gasteiger partial charge in [-0.15, -0.1) is 0 Å². The number of rotatable bonds is 9. The molecular weight excluding hydrogens is 324 g/mol. The lowest BCUT2D eigenvalue weighted by molar-refractivity contribution is -0.383. The number of carbonyl (C=O) groups is 1. The van der Waals surface area contributed by atoms with Gasteiger partial charge < -0.3 is 15.8 Å². The fourth-order valence-electron chi connectivity index (χ4n) is 1.30. The highest BCUT2D eigenvalue weighted by Crippen LogP contribution is 2.36. The minimum atomic E-state index is -3.88. The number of carbonyl (C=O) groups excluding carboxylic acids is 1. The van der Waals surface area contributed by atoms with Gasteiger partial charge in [0.2, 0.25) is 15.9 Å². The first-order valence-corrected chi connectivity index (χ1v) is 7.89. The third-order valence-corrected chi connectivity index (χ3v) is 5.24. The minimum Gasteiger partial charge on any atom is -0.374 e. The summed E-state index contributed by atoms with van der Waals surface area (Å²) in [5, 5.41) is 13.5. The number of nitro groups is 1. The molecule has 1 amide bonds. The fourth-order valence-corrected chi connectivity index (χ4v) is 3.64. The zero-order valence-electron chi connectivity index (χ0n) is 11.0. The zero-order chi connectivity index (χ0) is 16.0. The van der Waals surface area contributed by atoms with Crippen molar-refractivity contribution >= 4 is 38.0 Å². The number of nitrogens with zero attached hydrogens (tertiary/aromatic N) is 1. The monoisotopic (exact) mass is 338 g/mol. The van der Waals surface area contributed by atoms with Crippen LogP contribution in [0.15, 0.2) is 10.3 Å². The van der Waals surface area contributed by atoms with Gasteiger partial charge in [-0.1, -0.05) is 11.3 Å². The van der Waals surface area contributed by atoms with Crippen LogP contribution in [0.4, 0.5) is 10.7 Å². The second-order valence-electron chi connectivity index (χ2n) is 3.70. The molecular formula is C9H14N4O6S2. The van der Waals surface area contributed by atoms with E-state index in [1.165, 1.54) is 7.05 Å². The van der Waals surface area contributed by atoms with E-state index in [0.717, 1.165) is 17.4 Å². The summed E-state index contributed by atoms with van der Waals surface area (Å²) in [6, 6.07) is 0.975. The Hall–Kier alpha value is -1.76. The molecule has 0 aliphatic rings. The average Bonchev–Trinajstić information content (AvgIpc) is 2.82. The molecule has 0 aromatic carbocycles. The van der Waals surface area contributed by atoms with Crippen molar-refractivity contribution in [2.75, 3.05) is 32.1 Å². The summed E-state index contributed by atoms with van der Waals surface area (Å²) in [5.41, 5.74) is 4.53. The Labute approximate surface area is 124 Å². The highest BCUT2D eigenvalue weighted by Gasteiger charge is 2.25. The Bertz CT molecular complexity index is 626. The molecule has 1 heterocycles. The molecule has 4 N–H and O–H groups in total. The predicted octanol–water partition coefficient (Wildman–Crippen LogP) is -0.522. The number of thiophene rings is 1. The van der Waals surface area contributed by atoms with Gasteiger partial charge in [-0.25, -0.2) is 13.1 Å². The molecule has 0 spiro atoms. The summed E-state index contributed by atoms with van der Waals surface area (Å²) in [4.78, 5) is 20.5. The van der Waals surface area contributed by atoms with Crippen LogP contribution < -0.4 is 15.8 Å². The Balaban J connectivity index is 2.70. The number of primary amides is 1. The van der Waals surface area contributed by atoms with Gasteiger partial charge in [-0.3, -0.25) is 14.9 Å². The van der Waals surface area contributed by atoms with Gasteiger partial charge in [-0.05, 0) is 0 Å². The number of ether oxygens (including phenoxy) is 1. The number of nitrogens with two attached hydrogens (primary N) is 1. The van der Waals surface area contributed by atoms with Gasteiger partial charge in [0, 0.05) is 19.7 Å². The van der Waals surface area contributed by atoms with Crippen molar-refractivity contribution in [2.24, 2.45) is 5.73 Å². The molecule has 0 saturated heterocycles. The van der Waals surface area contributed by atoms with Gasteiger partial charge in [0.15, 0.2) is 5.00 Å².